The number of carboxylic acids is 1. The second kappa shape index (κ2) is 16.2. The highest BCUT2D eigenvalue weighted by atomic mass is 16.4. The number of nitrogens with two attached hydrogens (primary N) is 4. The number of aliphatic carboxylic acids is 1. The van der Waals surface area contributed by atoms with Crippen molar-refractivity contribution in [2.75, 3.05) is 6.54 Å². The number of H-pyrrole nitrogens is 1. The fourth-order valence-corrected chi connectivity index (χ4v) is 3.78. The number of primary amides is 1. The largest absolute Gasteiger partial charge is 0.480 e. The van der Waals surface area contributed by atoms with Crippen molar-refractivity contribution in [3.63, 3.8) is 0 Å². The Kier molecular flexibility index (Phi) is 12.7. The molecule has 0 saturated carbocycles. The second-order valence-electron chi connectivity index (χ2n) is 9.22. The van der Waals surface area contributed by atoms with Crippen LogP contribution in [0.3, 0.4) is 0 Å². The molecule has 4 unspecified atom stereocenters. The van der Waals surface area contributed by atoms with Crippen LogP contribution >= 0.6 is 0 Å². The van der Waals surface area contributed by atoms with Gasteiger partial charge >= 0.3 is 5.97 Å². The summed E-state index contributed by atoms with van der Waals surface area (Å²) < 4.78 is 0. The summed E-state index contributed by atoms with van der Waals surface area (Å²) in [6.45, 7) is 0.123. The lowest BCUT2D eigenvalue weighted by Gasteiger charge is -2.25. The van der Waals surface area contributed by atoms with Crippen molar-refractivity contribution >= 4 is 35.6 Å². The average Bonchev–Trinajstić information content (AvgIpc) is 3.42. The topological polar surface area (TPSA) is 287 Å². The van der Waals surface area contributed by atoms with Gasteiger partial charge in [0, 0.05) is 31.3 Å². The molecule has 0 spiro atoms. The van der Waals surface area contributed by atoms with Gasteiger partial charge in [0.15, 0.2) is 5.96 Å². The van der Waals surface area contributed by atoms with E-state index in [9.17, 15) is 29.1 Å². The van der Waals surface area contributed by atoms with Crippen LogP contribution in [0.5, 0.6) is 0 Å². The molecule has 2 rings (SSSR count). The van der Waals surface area contributed by atoms with E-state index in [0.717, 1.165) is 5.56 Å². The Morgan fingerprint density at radius 3 is 2.12 bits per heavy atom. The number of nitrogens with zero attached hydrogens (tertiary/aromatic N) is 2. The summed E-state index contributed by atoms with van der Waals surface area (Å²) in [4.78, 5) is 72.8. The lowest BCUT2D eigenvalue weighted by Crippen LogP contribution is -2.58. The van der Waals surface area contributed by atoms with Gasteiger partial charge in [-0.1, -0.05) is 30.3 Å². The van der Waals surface area contributed by atoms with Crippen LogP contribution in [0.1, 0.15) is 30.5 Å². The molecule has 41 heavy (non-hydrogen) atoms. The maximum atomic E-state index is 13.5. The van der Waals surface area contributed by atoms with Crippen LogP contribution in [-0.4, -0.2) is 81.3 Å². The van der Waals surface area contributed by atoms with Crippen LogP contribution in [0.15, 0.2) is 47.8 Å². The number of imidazole rings is 1. The molecule has 16 nitrogen and oxygen atoms in total. The van der Waals surface area contributed by atoms with Gasteiger partial charge in [0.2, 0.25) is 23.6 Å². The summed E-state index contributed by atoms with van der Waals surface area (Å²) in [7, 11) is 0. The molecule has 13 N–H and O–H groups in total. The Balaban J connectivity index is 2.23. The smallest absolute Gasteiger partial charge is 0.326 e. The first-order valence-electron chi connectivity index (χ1n) is 12.7. The number of carboxylic acid groups (broad SMARTS) is 1. The minimum atomic E-state index is -1.61. The van der Waals surface area contributed by atoms with E-state index in [2.05, 4.69) is 30.9 Å². The van der Waals surface area contributed by atoms with Crippen molar-refractivity contribution in [3.8, 4) is 0 Å². The number of aromatic nitrogens is 2. The summed E-state index contributed by atoms with van der Waals surface area (Å²) >= 11 is 0. The summed E-state index contributed by atoms with van der Waals surface area (Å²) in [6.07, 6.45) is 2.75. The Morgan fingerprint density at radius 1 is 0.902 bits per heavy atom. The fraction of sp³-hybridized carbons (Fsp3) is 0.400. The molecule has 0 fully saturated rings. The van der Waals surface area contributed by atoms with E-state index in [-0.39, 0.29) is 38.2 Å². The lowest BCUT2D eigenvalue weighted by atomic mass is 10.0. The van der Waals surface area contributed by atoms with E-state index in [1.165, 1.54) is 12.5 Å². The van der Waals surface area contributed by atoms with Crippen molar-refractivity contribution < 1.29 is 29.1 Å². The van der Waals surface area contributed by atoms with Crippen molar-refractivity contribution in [2.45, 2.75) is 56.3 Å². The third-order valence-corrected chi connectivity index (χ3v) is 5.85. The van der Waals surface area contributed by atoms with Gasteiger partial charge in [-0.05, 0) is 18.4 Å². The van der Waals surface area contributed by atoms with Crippen molar-refractivity contribution in [1.82, 2.24) is 25.9 Å². The highest BCUT2D eigenvalue weighted by Gasteiger charge is 2.31. The molecule has 0 radical (unpaired) electrons. The highest BCUT2D eigenvalue weighted by molar-refractivity contribution is 5.95. The number of carbonyl (C=O) groups is 5. The van der Waals surface area contributed by atoms with Crippen LogP contribution in [0.4, 0.5) is 0 Å². The van der Waals surface area contributed by atoms with Gasteiger partial charge in [-0.15, -0.1) is 0 Å². The molecule has 222 valence electrons. The van der Waals surface area contributed by atoms with Crippen LogP contribution in [0.25, 0.3) is 0 Å². The lowest BCUT2D eigenvalue weighted by molar-refractivity contribution is -0.143. The maximum Gasteiger partial charge on any atom is 0.326 e. The molecule has 4 atom stereocenters. The molecule has 2 aromatic rings. The van der Waals surface area contributed by atoms with Gasteiger partial charge in [-0.3, -0.25) is 24.2 Å². The number of hydrogen-bond acceptors (Lipinski definition) is 8. The average molecular weight is 573 g/mol. The fourth-order valence-electron chi connectivity index (χ4n) is 3.78. The molecular formula is C25H36N10O6. The van der Waals surface area contributed by atoms with E-state index >= 15 is 0 Å². The molecule has 16 heteroatoms. The van der Waals surface area contributed by atoms with E-state index in [4.69, 9.17) is 22.9 Å². The molecule has 0 aliphatic heterocycles. The zero-order valence-electron chi connectivity index (χ0n) is 22.3. The zero-order valence-corrected chi connectivity index (χ0v) is 22.3. The van der Waals surface area contributed by atoms with E-state index in [1.54, 1.807) is 30.3 Å². The second-order valence-corrected chi connectivity index (χ2v) is 9.22. The van der Waals surface area contributed by atoms with Gasteiger partial charge in [0.25, 0.3) is 0 Å². The Labute approximate surface area is 235 Å². The summed E-state index contributed by atoms with van der Waals surface area (Å²) in [5.74, 6) is -4.81. The third-order valence-electron chi connectivity index (χ3n) is 5.85. The van der Waals surface area contributed by atoms with Gasteiger partial charge in [-0.25, -0.2) is 9.78 Å². The molecule has 0 aliphatic rings. The van der Waals surface area contributed by atoms with E-state index < -0.39 is 60.2 Å². The molecule has 4 amide bonds. The van der Waals surface area contributed by atoms with Crippen molar-refractivity contribution in [1.29, 1.82) is 0 Å². The van der Waals surface area contributed by atoms with Crippen LogP contribution in [0, 0.1) is 0 Å². The first kappa shape index (κ1) is 32.2. The zero-order chi connectivity index (χ0) is 30.4. The number of nitrogens with one attached hydrogen (secondary N) is 4. The third kappa shape index (κ3) is 11.7. The predicted octanol–water partition coefficient (Wildman–Crippen LogP) is -3.01. The first-order chi connectivity index (χ1) is 19.5. The van der Waals surface area contributed by atoms with Gasteiger partial charge < -0.3 is 49.0 Å². The van der Waals surface area contributed by atoms with Crippen molar-refractivity contribution in [2.24, 2.45) is 27.9 Å². The number of amides is 4. The number of aromatic amines is 1. The Bertz CT molecular complexity index is 1200. The quantitative estimate of drug-likeness (QED) is 0.0525. The number of guanidine groups is 1. The normalized spacial score (nSPS) is 13.6. The predicted molar refractivity (Wildman–Crippen MR) is 148 cm³/mol. The molecular weight excluding hydrogens is 536 g/mol. The van der Waals surface area contributed by atoms with Crippen LogP contribution in [0.2, 0.25) is 0 Å². The molecule has 0 bridgehead atoms. The first-order valence-corrected chi connectivity index (χ1v) is 12.7. The van der Waals surface area contributed by atoms with Crippen molar-refractivity contribution in [3.05, 3.63) is 54.1 Å². The molecule has 0 aliphatic carbocycles. The number of aliphatic imine (C=N–C) groups is 1. The minimum Gasteiger partial charge on any atom is -0.480 e. The molecule has 1 heterocycles. The molecule has 1 aromatic carbocycles. The van der Waals surface area contributed by atoms with Gasteiger partial charge in [0.1, 0.15) is 18.1 Å². The molecule has 1 aromatic heterocycles. The van der Waals surface area contributed by atoms with Crippen LogP contribution < -0.4 is 38.9 Å². The maximum absolute atomic E-state index is 13.5. The summed E-state index contributed by atoms with van der Waals surface area (Å²) in [5.41, 5.74) is 23.2. The Hall–Kier alpha value is -4.99. The SMILES string of the molecule is NC(=O)CC(NC(=O)C(CCCN=C(N)N)NC(=O)C(Cc1ccccc1)NC(=O)C(N)Cc1cnc[nH]1)C(=O)O. The summed E-state index contributed by atoms with van der Waals surface area (Å²) in [5, 5.41) is 16.8. The standard InChI is InChI=1S/C25H36N10O6/c26-16(10-15-12-30-13-32-15)21(37)34-18(9-14-5-2-1-3-6-14)23(39)33-17(7-4-8-31-25(28)29)22(38)35-19(24(40)41)11-20(27)36/h1-3,5-6,12-13,16-19H,4,7-11,26H2,(H2,27,36)(H,30,32)(H,33,39)(H,34,37)(H,35,38)(H,40,41)(H4,28,29,31). The minimum absolute atomic E-state index is 0.00258. The Morgan fingerprint density at radius 2 is 1.54 bits per heavy atom. The van der Waals surface area contributed by atoms with E-state index in [1.807, 2.05) is 0 Å². The van der Waals surface area contributed by atoms with Gasteiger partial charge in [-0.2, -0.15) is 0 Å². The number of benzene rings is 1. The monoisotopic (exact) mass is 572 g/mol. The van der Waals surface area contributed by atoms with Gasteiger partial charge in [0.05, 0.1) is 18.8 Å². The summed E-state index contributed by atoms with van der Waals surface area (Å²) in [6, 6.07) is 3.81. The number of rotatable bonds is 17. The molecule has 0 saturated heterocycles. The number of hydrogen-bond donors (Lipinski definition) is 9. The van der Waals surface area contributed by atoms with Crippen LogP contribution in [-0.2, 0) is 36.8 Å². The van der Waals surface area contributed by atoms with E-state index in [0.29, 0.717) is 5.69 Å². The number of carbonyl (C=O) groups excluding carboxylic acids is 4. The highest BCUT2D eigenvalue weighted by Crippen LogP contribution is 2.07.